The fourth-order valence-corrected chi connectivity index (χ4v) is 4.95. The molecule has 2 aliphatic rings. The first-order chi connectivity index (χ1) is 14.3. The summed E-state index contributed by atoms with van der Waals surface area (Å²) in [6.07, 6.45) is 3.44. The lowest BCUT2D eigenvalue weighted by Gasteiger charge is -2.21. The number of hydrogen-bond acceptors (Lipinski definition) is 3. The van der Waals surface area contributed by atoms with Crippen LogP contribution in [0.5, 0.6) is 0 Å². The Morgan fingerprint density at radius 2 is 1.66 bits per heavy atom. The van der Waals surface area contributed by atoms with Crippen LogP contribution in [0.15, 0.2) is 54.6 Å². The molecule has 2 fully saturated rings. The average Bonchev–Trinajstić information content (AvgIpc) is 3.31. The lowest BCUT2D eigenvalue weighted by atomic mass is 9.92. The molecule has 1 N–H and O–H groups in total. The molecule has 29 heavy (non-hydrogen) atoms. The van der Waals surface area contributed by atoms with Crippen molar-refractivity contribution in [2.24, 2.45) is 11.8 Å². The third-order valence-corrected chi connectivity index (χ3v) is 6.58. The van der Waals surface area contributed by atoms with Crippen LogP contribution in [0.3, 0.4) is 0 Å². The van der Waals surface area contributed by atoms with Crippen molar-refractivity contribution in [2.45, 2.75) is 25.7 Å². The number of rotatable bonds is 4. The van der Waals surface area contributed by atoms with Crippen molar-refractivity contribution in [3.63, 3.8) is 0 Å². The zero-order chi connectivity index (χ0) is 19.6. The molecule has 2 aliphatic heterocycles. The predicted molar refractivity (Wildman–Crippen MR) is 115 cm³/mol. The van der Waals surface area contributed by atoms with Crippen molar-refractivity contribution in [1.82, 2.24) is 19.8 Å². The van der Waals surface area contributed by atoms with Crippen LogP contribution < -0.4 is 5.32 Å². The monoisotopic (exact) mass is 388 g/mol. The molecule has 0 aliphatic carbocycles. The highest BCUT2D eigenvalue weighted by Crippen LogP contribution is 2.28. The summed E-state index contributed by atoms with van der Waals surface area (Å²) in [4.78, 5) is 19.9. The summed E-state index contributed by atoms with van der Waals surface area (Å²) >= 11 is 0. The van der Waals surface area contributed by atoms with Gasteiger partial charge in [-0.2, -0.15) is 0 Å². The number of carbonyl (C=O) groups is 1. The van der Waals surface area contributed by atoms with Crippen molar-refractivity contribution < 1.29 is 4.79 Å². The molecule has 1 aromatic heterocycles. The SMILES string of the molecule is O=C(CCc1nc2ccccc2n1-c1ccccc1)N1CC[C@@H]2CNC[C@@H]2CC1. The van der Waals surface area contributed by atoms with Gasteiger partial charge in [0.25, 0.3) is 0 Å². The smallest absolute Gasteiger partial charge is 0.223 e. The van der Waals surface area contributed by atoms with E-state index < -0.39 is 0 Å². The molecule has 0 unspecified atom stereocenters. The van der Waals surface area contributed by atoms with Gasteiger partial charge in [0, 0.05) is 31.6 Å². The molecule has 1 amide bonds. The van der Waals surface area contributed by atoms with Gasteiger partial charge in [-0.3, -0.25) is 9.36 Å². The Hall–Kier alpha value is -2.66. The highest BCUT2D eigenvalue weighted by Gasteiger charge is 2.31. The second kappa shape index (κ2) is 7.99. The van der Waals surface area contributed by atoms with Crippen LogP contribution in [0.25, 0.3) is 16.7 Å². The third-order valence-electron chi connectivity index (χ3n) is 6.58. The second-order valence-electron chi connectivity index (χ2n) is 8.32. The summed E-state index contributed by atoms with van der Waals surface area (Å²) in [5, 5.41) is 3.50. The molecule has 0 spiro atoms. The molecule has 0 saturated carbocycles. The van der Waals surface area contributed by atoms with Crippen LogP contribution >= 0.6 is 0 Å². The molecule has 2 saturated heterocycles. The van der Waals surface area contributed by atoms with Gasteiger partial charge in [0.2, 0.25) is 5.91 Å². The largest absolute Gasteiger partial charge is 0.343 e. The quantitative estimate of drug-likeness (QED) is 0.745. The molecule has 5 nitrogen and oxygen atoms in total. The second-order valence-corrected chi connectivity index (χ2v) is 8.32. The Balaban J connectivity index is 1.33. The van der Waals surface area contributed by atoms with Crippen molar-refractivity contribution in [2.75, 3.05) is 26.2 Å². The van der Waals surface area contributed by atoms with Crippen LogP contribution in [0, 0.1) is 11.8 Å². The van der Waals surface area contributed by atoms with Crippen LogP contribution in [0.4, 0.5) is 0 Å². The molecule has 3 aromatic rings. The standard InChI is InChI=1S/C24H28N4O/c29-24(27-14-12-18-16-25-17-19(18)13-15-27)11-10-23-26-21-8-4-5-9-22(21)28(23)20-6-2-1-3-7-20/h1-9,18-19,25H,10-17H2/t18-,19+. The number of hydrogen-bond donors (Lipinski definition) is 1. The normalized spacial score (nSPS) is 21.9. The Bertz CT molecular complexity index is 983. The van der Waals surface area contributed by atoms with E-state index >= 15 is 0 Å². The molecule has 2 atom stereocenters. The summed E-state index contributed by atoms with van der Waals surface area (Å²) in [6, 6.07) is 18.5. The number of imidazole rings is 1. The van der Waals surface area contributed by atoms with E-state index in [2.05, 4.69) is 33.0 Å². The first-order valence-corrected chi connectivity index (χ1v) is 10.8. The molecule has 0 bridgehead atoms. The summed E-state index contributed by atoms with van der Waals surface area (Å²) < 4.78 is 2.20. The Labute approximate surface area is 171 Å². The number of carbonyl (C=O) groups excluding carboxylic acids is 1. The van der Waals surface area contributed by atoms with Gasteiger partial charge in [0.05, 0.1) is 11.0 Å². The molecule has 5 heteroatoms. The average molecular weight is 389 g/mol. The lowest BCUT2D eigenvalue weighted by molar-refractivity contribution is -0.131. The Kier molecular flexibility index (Phi) is 5.06. The van der Waals surface area contributed by atoms with Crippen molar-refractivity contribution in [3.05, 3.63) is 60.4 Å². The number of benzene rings is 2. The zero-order valence-electron chi connectivity index (χ0n) is 16.8. The highest BCUT2D eigenvalue weighted by molar-refractivity contribution is 5.79. The van der Waals surface area contributed by atoms with Gasteiger partial charge in [0.15, 0.2) is 0 Å². The number of amides is 1. The van der Waals surface area contributed by atoms with E-state index in [-0.39, 0.29) is 5.91 Å². The van der Waals surface area contributed by atoms with Crippen LogP contribution in [-0.2, 0) is 11.2 Å². The molecule has 150 valence electrons. The van der Waals surface area contributed by atoms with Gasteiger partial charge in [0.1, 0.15) is 5.82 Å². The van der Waals surface area contributed by atoms with Crippen molar-refractivity contribution in [1.29, 1.82) is 0 Å². The Morgan fingerprint density at radius 3 is 2.41 bits per heavy atom. The minimum absolute atomic E-state index is 0.268. The lowest BCUT2D eigenvalue weighted by Crippen LogP contribution is -2.33. The summed E-state index contributed by atoms with van der Waals surface area (Å²) in [6.45, 7) is 4.04. The zero-order valence-corrected chi connectivity index (χ0v) is 16.8. The van der Waals surface area contributed by atoms with Crippen LogP contribution in [0.1, 0.15) is 25.1 Å². The molecule has 0 radical (unpaired) electrons. The first kappa shape index (κ1) is 18.4. The number of nitrogens with one attached hydrogen (secondary N) is 1. The first-order valence-electron chi connectivity index (χ1n) is 10.8. The van der Waals surface area contributed by atoms with Gasteiger partial charge in [-0.25, -0.2) is 4.98 Å². The summed E-state index contributed by atoms with van der Waals surface area (Å²) in [7, 11) is 0. The van der Waals surface area contributed by atoms with E-state index in [1.54, 1.807) is 0 Å². The molecular formula is C24H28N4O. The number of likely N-dealkylation sites (tertiary alicyclic amines) is 1. The molecule has 3 heterocycles. The minimum atomic E-state index is 0.268. The van der Waals surface area contributed by atoms with E-state index in [1.807, 2.05) is 36.4 Å². The number of para-hydroxylation sites is 3. The predicted octanol–water partition coefficient (Wildman–Crippen LogP) is 3.42. The molecular weight excluding hydrogens is 360 g/mol. The van der Waals surface area contributed by atoms with E-state index in [9.17, 15) is 4.79 Å². The van der Waals surface area contributed by atoms with E-state index in [4.69, 9.17) is 4.98 Å². The highest BCUT2D eigenvalue weighted by atomic mass is 16.2. The summed E-state index contributed by atoms with van der Waals surface area (Å²) in [5.41, 5.74) is 3.17. The van der Waals surface area contributed by atoms with E-state index in [0.717, 1.165) is 73.4 Å². The fraction of sp³-hybridized carbons (Fsp3) is 0.417. The maximum Gasteiger partial charge on any atom is 0.223 e. The van der Waals surface area contributed by atoms with Crippen LogP contribution in [-0.4, -0.2) is 46.5 Å². The van der Waals surface area contributed by atoms with Crippen molar-refractivity contribution in [3.8, 4) is 5.69 Å². The van der Waals surface area contributed by atoms with Gasteiger partial charge in [-0.05, 0) is 62.0 Å². The van der Waals surface area contributed by atoms with Gasteiger partial charge >= 0.3 is 0 Å². The summed E-state index contributed by atoms with van der Waals surface area (Å²) in [5.74, 6) is 2.72. The number of nitrogens with zero attached hydrogens (tertiary/aromatic N) is 3. The topological polar surface area (TPSA) is 50.2 Å². The number of aromatic nitrogens is 2. The van der Waals surface area contributed by atoms with Crippen molar-refractivity contribution >= 4 is 16.9 Å². The molecule has 2 aromatic carbocycles. The molecule has 5 rings (SSSR count). The van der Waals surface area contributed by atoms with E-state index in [1.165, 1.54) is 0 Å². The van der Waals surface area contributed by atoms with Gasteiger partial charge < -0.3 is 10.2 Å². The minimum Gasteiger partial charge on any atom is -0.343 e. The van der Waals surface area contributed by atoms with Gasteiger partial charge in [-0.15, -0.1) is 0 Å². The Morgan fingerprint density at radius 1 is 0.966 bits per heavy atom. The van der Waals surface area contributed by atoms with Crippen LogP contribution in [0.2, 0.25) is 0 Å². The maximum absolute atomic E-state index is 13.0. The van der Waals surface area contributed by atoms with E-state index in [0.29, 0.717) is 12.8 Å². The maximum atomic E-state index is 13.0. The fourth-order valence-electron chi connectivity index (χ4n) is 4.95. The van der Waals surface area contributed by atoms with Gasteiger partial charge in [-0.1, -0.05) is 30.3 Å². The number of fused-ring (bicyclic) bond motifs is 2. The third kappa shape index (κ3) is 3.67. The number of aryl methyl sites for hydroxylation is 1.